The second-order valence-electron chi connectivity index (χ2n) is 2.99. The first kappa shape index (κ1) is 8.75. The zero-order valence-electron chi connectivity index (χ0n) is 7.65. The highest BCUT2D eigenvalue weighted by atomic mass is 19.1. The number of hydrogen-bond donors (Lipinski definition) is 0. The van der Waals surface area contributed by atoms with Gasteiger partial charge in [-0.3, -0.25) is 0 Å². The Balaban J connectivity index is 2.49. The quantitative estimate of drug-likeness (QED) is 0.679. The third kappa shape index (κ3) is 1.46. The molecule has 0 bridgehead atoms. The van der Waals surface area contributed by atoms with E-state index < -0.39 is 0 Å². The summed E-state index contributed by atoms with van der Waals surface area (Å²) in [5.74, 6) is -0.217. The molecule has 0 saturated heterocycles. The van der Waals surface area contributed by atoms with Crippen molar-refractivity contribution in [2.45, 2.75) is 0 Å². The Hall–Kier alpha value is -1.83. The smallest absolute Gasteiger partial charge is 0.123 e. The summed E-state index contributed by atoms with van der Waals surface area (Å²) in [6.07, 6.45) is 3.63. The Morgan fingerprint density at radius 1 is 1.14 bits per heavy atom. The van der Waals surface area contributed by atoms with Crippen LogP contribution in [0.3, 0.4) is 0 Å². The van der Waals surface area contributed by atoms with Crippen LogP contribution in [-0.2, 0) is 0 Å². The lowest BCUT2D eigenvalue weighted by atomic mass is 10.1. The van der Waals surface area contributed by atoms with E-state index in [1.165, 1.54) is 12.1 Å². The highest BCUT2D eigenvalue weighted by Crippen LogP contribution is 2.20. The van der Waals surface area contributed by atoms with Crippen LogP contribution in [0.15, 0.2) is 49.2 Å². The summed E-state index contributed by atoms with van der Waals surface area (Å²) in [5.41, 5.74) is 2.00. The minimum absolute atomic E-state index is 0.217. The van der Waals surface area contributed by atoms with E-state index in [-0.39, 0.29) is 5.82 Å². The fourth-order valence-corrected chi connectivity index (χ4v) is 1.42. The first-order chi connectivity index (χ1) is 6.81. The minimum Gasteiger partial charge on any atom is -0.324 e. The summed E-state index contributed by atoms with van der Waals surface area (Å²) in [5, 5.41) is 0. The molecule has 0 aliphatic rings. The zero-order chi connectivity index (χ0) is 9.97. The van der Waals surface area contributed by atoms with Crippen molar-refractivity contribution in [1.29, 1.82) is 0 Å². The van der Waals surface area contributed by atoms with Gasteiger partial charge in [-0.25, -0.2) is 4.39 Å². The average molecular weight is 187 g/mol. The molecule has 2 aromatic rings. The number of hydrogen-bond acceptors (Lipinski definition) is 0. The Kier molecular flexibility index (Phi) is 2.19. The Morgan fingerprint density at radius 2 is 1.86 bits per heavy atom. The third-order valence-corrected chi connectivity index (χ3v) is 2.12. The average Bonchev–Trinajstić information content (AvgIpc) is 2.67. The maximum absolute atomic E-state index is 12.7. The number of nitrogens with zero attached hydrogens (tertiary/aromatic N) is 1. The van der Waals surface area contributed by atoms with Gasteiger partial charge in [-0.05, 0) is 42.0 Å². The summed E-state index contributed by atoms with van der Waals surface area (Å²) in [4.78, 5) is 0. The van der Waals surface area contributed by atoms with Crippen molar-refractivity contribution in [3.8, 4) is 11.3 Å². The number of aromatic nitrogens is 1. The topological polar surface area (TPSA) is 4.93 Å². The summed E-state index contributed by atoms with van der Waals surface area (Å²) >= 11 is 0. The maximum atomic E-state index is 12.7. The molecule has 2 heteroatoms. The maximum Gasteiger partial charge on any atom is 0.123 e. The van der Waals surface area contributed by atoms with Crippen molar-refractivity contribution in [2.24, 2.45) is 0 Å². The second kappa shape index (κ2) is 3.50. The highest BCUT2D eigenvalue weighted by Gasteiger charge is 2.01. The van der Waals surface area contributed by atoms with E-state index in [1.54, 1.807) is 18.3 Å². The molecule has 0 unspecified atom stereocenters. The first-order valence-corrected chi connectivity index (χ1v) is 4.36. The van der Waals surface area contributed by atoms with Gasteiger partial charge in [0.05, 0.1) is 5.69 Å². The van der Waals surface area contributed by atoms with Gasteiger partial charge in [0.1, 0.15) is 5.82 Å². The minimum atomic E-state index is -0.217. The lowest BCUT2D eigenvalue weighted by Gasteiger charge is -2.03. The van der Waals surface area contributed by atoms with E-state index >= 15 is 0 Å². The molecule has 1 nitrogen and oxygen atoms in total. The second-order valence-corrected chi connectivity index (χ2v) is 2.99. The van der Waals surface area contributed by atoms with Gasteiger partial charge in [-0.1, -0.05) is 6.58 Å². The van der Waals surface area contributed by atoms with Crippen LogP contribution < -0.4 is 0 Å². The number of benzene rings is 1. The Morgan fingerprint density at radius 3 is 2.50 bits per heavy atom. The summed E-state index contributed by atoms with van der Waals surface area (Å²) in [6, 6.07) is 10.3. The molecule has 1 aromatic carbocycles. The number of rotatable bonds is 2. The van der Waals surface area contributed by atoms with Gasteiger partial charge in [0.15, 0.2) is 0 Å². The van der Waals surface area contributed by atoms with Gasteiger partial charge in [-0.2, -0.15) is 0 Å². The van der Waals surface area contributed by atoms with Crippen LogP contribution in [0, 0.1) is 5.82 Å². The SMILES string of the molecule is C=Cn1cccc1-c1ccc(F)cc1. The summed E-state index contributed by atoms with van der Waals surface area (Å²) in [7, 11) is 0. The van der Waals surface area contributed by atoms with E-state index in [1.807, 2.05) is 22.9 Å². The lowest BCUT2D eigenvalue weighted by Crippen LogP contribution is -1.87. The molecular weight excluding hydrogens is 177 g/mol. The van der Waals surface area contributed by atoms with Crippen LogP contribution in [0.25, 0.3) is 17.5 Å². The van der Waals surface area contributed by atoms with E-state index in [0.717, 1.165) is 11.3 Å². The van der Waals surface area contributed by atoms with Crippen LogP contribution in [0.2, 0.25) is 0 Å². The molecule has 0 saturated carbocycles. The fourth-order valence-electron chi connectivity index (χ4n) is 1.42. The molecule has 1 heterocycles. The molecule has 1 aromatic heterocycles. The monoisotopic (exact) mass is 187 g/mol. The highest BCUT2D eigenvalue weighted by molar-refractivity contribution is 5.62. The van der Waals surface area contributed by atoms with Gasteiger partial charge in [0.2, 0.25) is 0 Å². The molecule has 2 rings (SSSR count). The predicted molar refractivity (Wildman–Crippen MR) is 56.2 cm³/mol. The molecule has 0 aliphatic carbocycles. The van der Waals surface area contributed by atoms with Crippen LogP contribution in [0.4, 0.5) is 4.39 Å². The molecule has 0 N–H and O–H groups in total. The van der Waals surface area contributed by atoms with Crippen molar-refractivity contribution in [2.75, 3.05) is 0 Å². The molecule has 0 radical (unpaired) electrons. The molecule has 0 amide bonds. The first-order valence-electron chi connectivity index (χ1n) is 4.36. The zero-order valence-corrected chi connectivity index (χ0v) is 7.65. The third-order valence-electron chi connectivity index (χ3n) is 2.12. The molecule has 0 atom stereocenters. The van der Waals surface area contributed by atoms with Crippen molar-refractivity contribution >= 4 is 6.20 Å². The van der Waals surface area contributed by atoms with Crippen LogP contribution in [0.1, 0.15) is 0 Å². The molecule has 0 aliphatic heterocycles. The van der Waals surface area contributed by atoms with Crippen molar-refractivity contribution in [3.05, 3.63) is 55.0 Å². The van der Waals surface area contributed by atoms with E-state index in [2.05, 4.69) is 6.58 Å². The summed E-state index contributed by atoms with van der Waals surface area (Å²) < 4.78 is 14.6. The van der Waals surface area contributed by atoms with Crippen molar-refractivity contribution in [3.63, 3.8) is 0 Å². The molecule has 0 spiro atoms. The van der Waals surface area contributed by atoms with Crippen LogP contribution in [0.5, 0.6) is 0 Å². The van der Waals surface area contributed by atoms with Gasteiger partial charge in [0, 0.05) is 12.4 Å². The van der Waals surface area contributed by atoms with E-state index in [4.69, 9.17) is 0 Å². The normalized spacial score (nSPS) is 10.1. The number of halogens is 1. The summed E-state index contributed by atoms with van der Waals surface area (Å²) in [6.45, 7) is 3.70. The standard InChI is InChI=1S/C12H10FN/c1-2-14-9-3-4-12(14)10-5-7-11(13)8-6-10/h2-9H,1H2. The Bertz CT molecular complexity index is 440. The largest absolute Gasteiger partial charge is 0.324 e. The van der Waals surface area contributed by atoms with Gasteiger partial charge < -0.3 is 4.57 Å². The van der Waals surface area contributed by atoms with Gasteiger partial charge >= 0.3 is 0 Å². The van der Waals surface area contributed by atoms with E-state index in [0.29, 0.717) is 0 Å². The lowest BCUT2D eigenvalue weighted by molar-refractivity contribution is 0.628. The van der Waals surface area contributed by atoms with Crippen molar-refractivity contribution < 1.29 is 4.39 Å². The Labute approximate surface area is 82.1 Å². The van der Waals surface area contributed by atoms with Crippen LogP contribution in [-0.4, -0.2) is 4.57 Å². The van der Waals surface area contributed by atoms with Crippen molar-refractivity contribution in [1.82, 2.24) is 4.57 Å². The molecule has 14 heavy (non-hydrogen) atoms. The molecule has 70 valence electrons. The van der Waals surface area contributed by atoms with Gasteiger partial charge in [0.25, 0.3) is 0 Å². The van der Waals surface area contributed by atoms with Crippen LogP contribution >= 0.6 is 0 Å². The molecule has 0 fully saturated rings. The predicted octanol–water partition coefficient (Wildman–Crippen LogP) is 3.39. The van der Waals surface area contributed by atoms with E-state index in [9.17, 15) is 4.39 Å². The van der Waals surface area contributed by atoms with Gasteiger partial charge in [-0.15, -0.1) is 0 Å². The molecular formula is C12H10FN. The fraction of sp³-hybridized carbons (Fsp3) is 0.